The van der Waals surface area contributed by atoms with Gasteiger partial charge in [-0.05, 0) is 42.5 Å². The summed E-state index contributed by atoms with van der Waals surface area (Å²) >= 11 is 0. The second kappa shape index (κ2) is 10.00. The first-order valence-electron chi connectivity index (χ1n) is 10.7. The molecule has 178 valence electrons. The lowest BCUT2D eigenvalue weighted by atomic mass is 10.1. The molecule has 0 aromatic heterocycles. The third kappa shape index (κ3) is 4.91. The number of carbonyl (C=O) groups is 3. The summed E-state index contributed by atoms with van der Waals surface area (Å²) in [6.07, 6.45) is -3.13. The van der Waals surface area contributed by atoms with Crippen LogP contribution in [0.4, 0.5) is 17.1 Å². The summed E-state index contributed by atoms with van der Waals surface area (Å²) < 4.78 is 10.6. The first kappa shape index (κ1) is 23.4. The molecule has 34 heavy (non-hydrogen) atoms. The maximum Gasteiger partial charge on any atom is 0.259 e. The summed E-state index contributed by atoms with van der Waals surface area (Å²) in [7, 11) is 0. The van der Waals surface area contributed by atoms with Gasteiger partial charge in [0.05, 0.1) is 13.2 Å². The van der Waals surface area contributed by atoms with Crippen molar-refractivity contribution in [3.05, 3.63) is 54.1 Å². The summed E-state index contributed by atoms with van der Waals surface area (Å²) in [6.45, 7) is 1.19. The Kier molecular flexibility index (Phi) is 6.87. The van der Waals surface area contributed by atoms with E-state index in [0.717, 1.165) is 0 Å². The van der Waals surface area contributed by atoms with E-state index < -0.39 is 24.0 Å². The van der Waals surface area contributed by atoms with Gasteiger partial charge in [-0.25, -0.2) is 0 Å². The van der Waals surface area contributed by atoms with Crippen LogP contribution in [0.2, 0.25) is 0 Å². The Balaban J connectivity index is 1.46. The lowest BCUT2D eigenvalue weighted by Crippen LogP contribution is -2.55. The molecule has 2 aromatic rings. The van der Waals surface area contributed by atoms with Gasteiger partial charge in [0.1, 0.15) is 12.4 Å². The Morgan fingerprint density at radius 2 is 1.76 bits per heavy atom. The fourth-order valence-electron chi connectivity index (χ4n) is 3.80. The third-order valence-electron chi connectivity index (χ3n) is 5.58. The second-order valence-electron chi connectivity index (χ2n) is 7.82. The molecular formula is C23H25N5O6. The number of rotatable bonds is 6. The van der Waals surface area contributed by atoms with Crippen LogP contribution in [-0.4, -0.2) is 73.8 Å². The molecule has 2 fully saturated rings. The number of anilines is 3. The maximum atomic E-state index is 13.1. The van der Waals surface area contributed by atoms with Crippen molar-refractivity contribution < 1.29 is 29.0 Å². The van der Waals surface area contributed by atoms with E-state index in [0.29, 0.717) is 35.8 Å². The van der Waals surface area contributed by atoms with Gasteiger partial charge < -0.3 is 35.4 Å². The summed E-state index contributed by atoms with van der Waals surface area (Å²) in [6, 6.07) is 13.1. The summed E-state index contributed by atoms with van der Waals surface area (Å²) in [5, 5.41) is 20.5. The topological polar surface area (TPSA) is 158 Å². The Morgan fingerprint density at radius 1 is 1.09 bits per heavy atom. The molecule has 0 aliphatic carbocycles. The minimum atomic E-state index is -1.74. The Morgan fingerprint density at radius 3 is 2.44 bits per heavy atom. The highest BCUT2D eigenvalue weighted by molar-refractivity contribution is 6.04. The molecule has 11 nitrogen and oxygen atoms in total. The van der Waals surface area contributed by atoms with Crippen LogP contribution in [0.1, 0.15) is 5.56 Å². The molecule has 2 aliphatic rings. The van der Waals surface area contributed by atoms with Gasteiger partial charge in [0.25, 0.3) is 17.7 Å². The maximum absolute atomic E-state index is 13.1. The normalized spacial score (nSPS) is 19.6. The smallest absolute Gasteiger partial charge is 0.259 e. The number of aliphatic hydroxyl groups is 1. The van der Waals surface area contributed by atoms with E-state index in [4.69, 9.17) is 20.6 Å². The van der Waals surface area contributed by atoms with Crippen molar-refractivity contribution in [3.63, 3.8) is 0 Å². The van der Waals surface area contributed by atoms with E-state index in [2.05, 4.69) is 5.32 Å². The third-order valence-corrected chi connectivity index (χ3v) is 5.58. The van der Waals surface area contributed by atoms with Crippen LogP contribution >= 0.6 is 0 Å². The molecule has 2 aromatic carbocycles. The predicted molar refractivity (Wildman–Crippen MR) is 124 cm³/mol. The van der Waals surface area contributed by atoms with E-state index in [1.54, 1.807) is 41.3 Å². The second-order valence-corrected chi connectivity index (χ2v) is 7.82. The zero-order valence-electron chi connectivity index (χ0n) is 18.3. The van der Waals surface area contributed by atoms with Crippen LogP contribution in [0, 0.1) is 5.41 Å². The van der Waals surface area contributed by atoms with Gasteiger partial charge in [0.2, 0.25) is 0 Å². The number of nitrogens with zero attached hydrogens (tertiary/aromatic N) is 2. The van der Waals surface area contributed by atoms with E-state index in [-0.39, 0.29) is 31.5 Å². The SMILES string of the molecule is N=C(N)c1ccc(NC(=O)C(O)C2OCCN(c3cccc(N4CCOCC4=O)c3)C2=O)cc1. The van der Waals surface area contributed by atoms with Crippen LogP contribution in [0.3, 0.4) is 0 Å². The van der Waals surface area contributed by atoms with Crippen LogP contribution in [0.25, 0.3) is 0 Å². The standard InChI is InChI=1S/C23H25N5O6/c24-21(25)14-4-6-15(7-5-14)26-22(31)19(30)20-23(32)28(9-11-34-20)17-3-1-2-16(12-17)27-8-10-33-13-18(27)29/h1-7,12,19-20,30H,8-11,13H2,(H3,24,25)(H,26,31). The Hall–Kier alpha value is -3.80. The molecule has 5 N–H and O–H groups in total. The molecular weight excluding hydrogens is 442 g/mol. The number of ether oxygens (including phenoxy) is 2. The highest BCUT2D eigenvalue weighted by atomic mass is 16.5. The van der Waals surface area contributed by atoms with Crippen LogP contribution in [0.5, 0.6) is 0 Å². The zero-order valence-corrected chi connectivity index (χ0v) is 18.3. The molecule has 2 atom stereocenters. The Labute approximate surface area is 195 Å². The average Bonchev–Trinajstić information content (AvgIpc) is 2.84. The molecule has 0 bridgehead atoms. The molecule has 3 amide bonds. The van der Waals surface area contributed by atoms with Gasteiger partial charge >= 0.3 is 0 Å². The van der Waals surface area contributed by atoms with E-state index >= 15 is 0 Å². The van der Waals surface area contributed by atoms with Crippen molar-refractivity contribution in [1.29, 1.82) is 5.41 Å². The lowest BCUT2D eigenvalue weighted by Gasteiger charge is -2.35. The van der Waals surface area contributed by atoms with Gasteiger partial charge in [-0.3, -0.25) is 19.8 Å². The summed E-state index contributed by atoms with van der Waals surface area (Å²) in [5.41, 5.74) is 7.44. The van der Waals surface area contributed by atoms with Gasteiger partial charge in [0.15, 0.2) is 12.2 Å². The first-order valence-corrected chi connectivity index (χ1v) is 10.7. The molecule has 2 unspecified atom stereocenters. The van der Waals surface area contributed by atoms with Crippen LogP contribution in [0.15, 0.2) is 48.5 Å². The molecule has 2 saturated heterocycles. The zero-order chi connectivity index (χ0) is 24.2. The number of hydrogen-bond acceptors (Lipinski definition) is 7. The minimum Gasteiger partial charge on any atom is -0.384 e. The molecule has 0 radical (unpaired) electrons. The minimum absolute atomic E-state index is 0.00156. The number of aliphatic hydroxyl groups excluding tert-OH is 1. The van der Waals surface area contributed by atoms with Crippen LogP contribution < -0.4 is 20.9 Å². The Bertz CT molecular complexity index is 1110. The number of morpholine rings is 2. The lowest BCUT2D eigenvalue weighted by molar-refractivity contribution is -0.150. The quantitative estimate of drug-likeness (QED) is 0.346. The predicted octanol–water partition coefficient (Wildman–Crippen LogP) is 0.0653. The molecule has 4 rings (SSSR count). The largest absolute Gasteiger partial charge is 0.384 e. The highest BCUT2D eigenvalue weighted by Gasteiger charge is 2.39. The molecule has 2 heterocycles. The monoisotopic (exact) mass is 467 g/mol. The van der Waals surface area contributed by atoms with E-state index in [1.807, 2.05) is 0 Å². The van der Waals surface area contributed by atoms with Crippen molar-refractivity contribution in [2.45, 2.75) is 12.2 Å². The highest BCUT2D eigenvalue weighted by Crippen LogP contribution is 2.26. The number of nitrogen functional groups attached to an aromatic ring is 1. The molecule has 0 spiro atoms. The van der Waals surface area contributed by atoms with Crippen molar-refractivity contribution >= 4 is 40.6 Å². The van der Waals surface area contributed by atoms with Gasteiger partial charge in [0, 0.05) is 35.7 Å². The van der Waals surface area contributed by atoms with Gasteiger partial charge in [-0.15, -0.1) is 0 Å². The van der Waals surface area contributed by atoms with Crippen molar-refractivity contribution in [1.82, 2.24) is 0 Å². The number of hydrogen-bond donors (Lipinski definition) is 4. The first-order chi connectivity index (χ1) is 16.3. The summed E-state index contributed by atoms with van der Waals surface area (Å²) in [5.74, 6) is -1.64. The molecule has 2 aliphatic heterocycles. The van der Waals surface area contributed by atoms with Crippen molar-refractivity contribution in [2.24, 2.45) is 5.73 Å². The number of nitrogens with two attached hydrogens (primary N) is 1. The van der Waals surface area contributed by atoms with Crippen molar-refractivity contribution in [3.8, 4) is 0 Å². The number of amides is 3. The number of carbonyl (C=O) groups excluding carboxylic acids is 3. The average molecular weight is 467 g/mol. The van der Waals surface area contributed by atoms with Gasteiger partial charge in [-0.1, -0.05) is 6.07 Å². The summed E-state index contributed by atoms with van der Waals surface area (Å²) in [4.78, 5) is 40.9. The van der Waals surface area contributed by atoms with E-state index in [1.165, 1.54) is 17.0 Å². The van der Waals surface area contributed by atoms with Crippen molar-refractivity contribution in [2.75, 3.05) is 48.0 Å². The number of amidine groups is 1. The molecule has 0 saturated carbocycles. The van der Waals surface area contributed by atoms with Gasteiger partial charge in [-0.2, -0.15) is 0 Å². The fourth-order valence-corrected chi connectivity index (χ4v) is 3.80. The fraction of sp³-hybridized carbons (Fsp3) is 0.304. The van der Waals surface area contributed by atoms with Crippen LogP contribution in [-0.2, 0) is 23.9 Å². The number of nitrogens with one attached hydrogen (secondary N) is 2. The molecule has 11 heteroatoms. The number of benzene rings is 2. The van der Waals surface area contributed by atoms with E-state index in [9.17, 15) is 19.5 Å².